The molecule has 4 rings (SSSR count). The van der Waals surface area contributed by atoms with Crippen LogP contribution in [0.2, 0.25) is 10.0 Å². The van der Waals surface area contributed by atoms with Crippen LogP contribution in [0.3, 0.4) is 0 Å². The highest BCUT2D eigenvalue weighted by Gasteiger charge is 2.30. The van der Waals surface area contributed by atoms with Gasteiger partial charge in [-0.1, -0.05) is 60.9 Å². The van der Waals surface area contributed by atoms with Gasteiger partial charge in [0.05, 0.1) is 21.9 Å². The van der Waals surface area contributed by atoms with Crippen LogP contribution in [0.25, 0.3) is 5.69 Å². The van der Waals surface area contributed by atoms with Crippen LogP contribution in [0.5, 0.6) is 0 Å². The second-order valence-corrected chi connectivity index (χ2v) is 9.74. The summed E-state index contributed by atoms with van der Waals surface area (Å²) >= 11 is 13.6. The summed E-state index contributed by atoms with van der Waals surface area (Å²) in [7, 11) is 0. The minimum atomic E-state index is -0.612. The van der Waals surface area contributed by atoms with E-state index in [0.717, 1.165) is 11.3 Å². The number of nitrogens with zero attached hydrogens (tertiary/aromatic N) is 2. The van der Waals surface area contributed by atoms with E-state index in [1.54, 1.807) is 30.5 Å². The zero-order valence-corrected chi connectivity index (χ0v) is 20.1. The molecule has 0 unspecified atom stereocenters. The van der Waals surface area contributed by atoms with Gasteiger partial charge in [-0.25, -0.2) is 18.2 Å². The zero-order valence-electron chi connectivity index (χ0n) is 17.8. The first-order valence-corrected chi connectivity index (χ1v) is 11.8. The fraction of sp³-hybridized carbons (Fsp3) is 0.160. The predicted molar refractivity (Wildman–Crippen MR) is 128 cm³/mol. The number of hydrogen-bond acceptors (Lipinski definition) is 2. The first-order chi connectivity index (χ1) is 15.7. The van der Waals surface area contributed by atoms with Crippen molar-refractivity contribution in [2.45, 2.75) is 30.2 Å². The summed E-state index contributed by atoms with van der Waals surface area (Å²) < 4.78 is 43.8. The SMILES string of the molecule is CC(C)(c1ccc(Cl)c(Cl)c1)c1cnc(SCc2c(F)cccc2F)n1-c1ccc(F)cc1. The molecule has 33 heavy (non-hydrogen) atoms. The molecule has 0 aliphatic heterocycles. The molecule has 170 valence electrons. The second-order valence-electron chi connectivity index (χ2n) is 7.98. The Morgan fingerprint density at radius 1 is 0.909 bits per heavy atom. The van der Waals surface area contributed by atoms with E-state index in [-0.39, 0.29) is 17.1 Å². The van der Waals surface area contributed by atoms with Gasteiger partial charge in [0, 0.05) is 22.4 Å². The van der Waals surface area contributed by atoms with Gasteiger partial charge in [0.25, 0.3) is 0 Å². The molecule has 0 N–H and O–H groups in total. The molecular weight excluding hydrogens is 488 g/mol. The van der Waals surface area contributed by atoms with E-state index in [4.69, 9.17) is 23.2 Å². The largest absolute Gasteiger partial charge is 0.291 e. The van der Waals surface area contributed by atoms with E-state index in [2.05, 4.69) is 4.98 Å². The molecule has 0 amide bonds. The third kappa shape index (κ3) is 4.79. The molecule has 8 heteroatoms. The number of imidazole rings is 1. The normalized spacial score (nSPS) is 11.7. The maximum absolute atomic E-state index is 14.2. The summed E-state index contributed by atoms with van der Waals surface area (Å²) in [5, 5.41) is 1.40. The molecular formula is C25H19Cl2F3N2S. The number of rotatable bonds is 6. The van der Waals surface area contributed by atoms with Crippen LogP contribution in [0.15, 0.2) is 72.0 Å². The van der Waals surface area contributed by atoms with Crippen LogP contribution in [-0.2, 0) is 11.2 Å². The van der Waals surface area contributed by atoms with Crippen LogP contribution in [-0.4, -0.2) is 9.55 Å². The monoisotopic (exact) mass is 506 g/mol. The van der Waals surface area contributed by atoms with E-state index in [1.165, 1.54) is 42.1 Å². The lowest BCUT2D eigenvalue weighted by molar-refractivity contribution is 0.566. The fourth-order valence-corrected chi connectivity index (χ4v) is 4.86. The minimum absolute atomic E-state index is 0.0264. The maximum Gasteiger partial charge on any atom is 0.173 e. The van der Waals surface area contributed by atoms with Crippen molar-refractivity contribution in [2.75, 3.05) is 0 Å². The van der Waals surface area contributed by atoms with Crippen molar-refractivity contribution in [1.29, 1.82) is 0 Å². The Morgan fingerprint density at radius 3 is 2.21 bits per heavy atom. The van der Waals surface area contributed by atoms with Crippen molar-refractivity contribution < 1.29 is 13.2 Å². The van der Waals surface area contributed by atoms with Crippen LogP contribution in [0.1, 0.15) is 30.7 Å². The lowest BCUT2D eigenvalue weighted by atomic mass is 9.81. The Kier molecular flexibility index (Phi) is 6.80. The molecule has 0 saturated carbocycles. The fourth-order valence-electron chi connectivity index (χ4n) is 3.56. The topological polar surface area (TPSA) is 17.8 Å². The van der Waals surface area contributed by atoms with E-state index >= 15 is 0 Å². The highest BCUT2D eigenvalue weighted by molar-refractivity contribution is 7.98. The van der Waals surface area contributed by atoms with E-state index in [1.807, 2.05) is 24.5 Å². The first-order valence-electron chi connectivity index (χ1n) is 10.0. The molecule has 0 atom stereocenters. The first kappa shape index (κ1) is 23.7. The Bertz CT molecular complexity index is 1280. The van der Waals surface area contributed by atoms with Crippen molar-refractivity contribution in [3.8, 4) is 5.69 Å². The predicted octanol–water partition coefficient (Wildman–Crippen LogP) is 8.21. The van der Waals surface area contributed by atoms with Crippen molar-refractivity contribution >= 4 is 35.0 Å². The smallest absolute Gasteiger partial charge is 0.173 e. The van der Waals surface area contributed by atoms with E-state index < -0.39 is 17.0 Å². The second kappa shape index (κ2) is 9.45. The van der Waals surface area contributed by atoms with E-state index in [0.29, 0.717) is 20.9 Å². The van der Waals surface area contributed by atoms with Gasteiger partial charge < -0.3 is 0 Å². The quantitative estimate of drug-likeness (QED) is 0.245. The Morgan fingerprint density at radius 2 is 1.58 bits per heavy atom. The average Bonchev–Trinajstić information content (AvgIpc) is 3.20. The van der Waals surface area contributed by atoms with Gasteiger partial charge in [0.2, 0.25) is 0 Å². The summed E-state index contributed by atoms with van der Waals surface area (Å²) in [5.41, 5.74) is 1.77. The van der Waals surface area contributed by atoms with Crippen LogP contribution in [0.4, 0.5) is 13.2 Å². The van der Waals surface area contributed by atoms with Crippen molar-refractivity contribution in [3.63, 3.8) is 0 Å². The molecule has 3 aromatic carbocycles. The Hall–Kier alpha value is -2.41. The van der Waals surface area contributed by atoms with Gasteiger partial charge in [0.1, 0.15) is 17.5 Å². The standard InChI is InChI=1S/C25H19Cl2F3N2S/c1-25(2,15-6-11-19(26)20(27)12-15)23-13-31-24(32(23)17-9-7-16(28)8-10-17)33-14-18-21(29)4-3-5-22(18)30/h3-13H,14H2,1-2H3. The molecule has 0 spiro atoms. The van der Waals surface area contributed by atoms with Crippen LogP contribution in [0, 0.1) is 17.5 Å². The summed E-state index contributed by atoms with van der Waals surface area (Å²) in [5.74, 6) is -1.55. The average molecular weight is 507 g/mol. The van der Waals surface area contributed by atoms with Gasteiger partial charge >= 0.3 is 0 Å². The van der Waals surface area contributed by atoms with Gasteiger partial charge in [-0.15, -0.1) is 0 Å². The number of halogens is 5. The minimum Gasteiger partial charge on any atom is -0.291 e. The third-order valence-corrected chi connectivity index (χ3v) is 7.22. The van der Waals surface area contributed by atoms with Crippen molar-refractivity contribution in [2.24, 2.45) is 0 Å². The lowest BCUT2D eigenvalue weighted by Gasteiger charge is -2.28. The lowest BCUT2D eigenvalue weighted by Crippen LogP contribution is -2.23. The number of thioether (sulfide) groups is 1. The Labute approximate surface area is 204 Å². The molecule has 4 aromatic rings. The molecule has 2 nitrogen and oxygen atoms in total. The highest BCUT2D eigenvalue weighted by Crippen LogP contribution is 2.38. The number of aromatic nitrogens is 2. The van der Waals surface area contributed by atoms with Gasteiger partial charge in [-0.3, -0.25) is 4.57 Å². The summed E-state index contributed by atoms with van der Waals surface area (Å²) in [4.78, 5) is 4.55. The summed E-state index contributed by atoms with van der Waals surface area (Å²) in [6, 6.07) is 15.2. The van der Waals surface area contributed by atoms with E-state index in [9.17, 15) is 13.2 Å². The molecule has 0 bridgehead atoms. The van der Waals surface area contributed by atoms with Crippen molar-refractivity contribution in [1.82, 2.24) is 9.55 Å². The highest BCUT2D eigenvalue weighted by atomic mass is 35.5. The third-order valence-electron chi connectivity index (χ3n) is 5.50. The summed E-state index contributed by atoms with van der Waals surface area (Å²) in [6.07, 6.45) is 1.71. The van der Waals surface area contributed by atoms with Crippen LogP contribution >= 0.6 is 35.0 Å². The van der Waals surface area contributed by atoms with Gasteiger partial charge in [-0.05, 0) is 54.1 Å². The zero-order chi connectivity index (χ0) is 23.8. The molecule has 0 radical (unpaired) electrons. The van der Waals surface area contributed by atoms with Gasteiger partial charge in [-0.2, -0.15) is 0 Å². The Balaban J connectivity index is 1.80. The molecule has 0 saturated heterocycles. The van der Waals surface area contributed by atoms with Crippen molar-refractivity contribution in [3.05, 3.63) is 111 Å². The molecule has 1 heterocycles. The van der Waals surface area contributed by atoms with Gasteiger partial charge in [0.15, 0.2) is 5.16 Å². The molecule has 0 fully saturated rings. The number of benzene rings is 3. The van der Waals surface area contributed by atoms with Crippen LogP contribution < -0.4 is 0 Å². The summed E-state index contributed by atoms with van der Waals surface area (Å²) in [6.45, 7) is 4.02. The number of hydrogen-bond donors (Lipinski definition) is 0. The molecule has 1 aromatic heterocycles. The maximum atomic E-state index is 14.2. The molecule has 0 aliphatic rings. The molecule has 0 aliphatic carbocycles.